The van der Waals surface area contributed by atoms with E-state index in [2.05, 4.69) is 40.3 Å². The predicted octanol–water partition coefficient (Wildman–Crippen LogP) is 4.97. The van der Waals surface area contributed by atoms with Crippen molar-refractivity contribution < 1.29 is 14.3 Å². The van der Waals surface area contributed by atoms with Crippen LogP contribution in [0.5, 0.6) is 0 Å². The normalized spacial score (nSPS) is 32.4. The molecule has 0 aromatic rings. The van der Waals surface area contributed by atoms with E-state index in [4.69, 9.17) is 4.74 Å². The third kappa shape index (κ3) is 4.32. The average molecular weight is 354 g/mol. The molecule has 0 aromatic carbocycles. The molecule has 0 spiro atoms. The van der Waals surface area contributed by atoms with Crippen molar-refractivity contribution in [3.63, 3.8) is 0 Å². The van der Waals surface area contributed by atoms with Crippen LogP contribution in [0.25, 0.3) is 0 Å². The topological polar surface area (TPSA) is 43.4 Å². The Bertz CT molecular complexity index is 680. The number of esters is 1. The summed E-state index contributed by atoms with van der Waals surface area (Å²) in [6, 6.07) is 0. The van der Waals surface area contributed by atoms with E-state index in [-0.39, 0.29) is 35.1 Å². The van der Waals surface area contributed by atoms with Crippen molar-refractivity contribution >= 4 is 11.8 Å². The third-order valence-corrected chi connectivity index (χ3v) is 5.89. The first-order chi connectivity index (χ1) is 12.3. The van der Waals surface area contributed by atoms with Crippen LogP contribution < -0.4 is 0 Å². The Morgan fingerprint density at radius 2 is 2.19 bits per heavy atom. The van der Waals surface area contributed by atoms with Gasteiger partial charge in [0.05, 0.1) is 0 Å². The number of carbonyl (C=O) groups excluding carboxylic acids is 2. The van der Waals surface area contributed by atoms with Gasteiger partial charge in [-0.15, -0.1) is 6.58 Å². The molecule has 0 saturated heterocycles. The lowest BCUT2D eigenvalue weighted by atomic mass is 9.59. The van der Waals surface area contributed by atoms with Crippen molar-refractivity contribution in [1.29, 1.82) is 0 Å². The van der Waals surface area contributed by atoms with Gasteiger partial charge >= 0.3 is 5.97 Å². The van der Waals surface area contributed by atoms with Crippen molar-refractivity contribution in [2.24, 2.45) is 23.2 Å². The Labute approximate surface area is 157 Å². The van der Waals surface area contributed by atoms with E-state index in [1.165, 1.54) is 6.08 Å². The molecule has 0 heterocycles. The van der Waals surface area contributed by atoms with Gasteiger partial charge in [-0.1, -0.05) is 64.5 Å². The van der Waals surface area contributed by atoms with E-state index >= 15 is 0 Å². The largest absolute Gasteiger partial charge is 0.455 e. The van der Waals surface area contributed by atoms with Crippen LogP contribution in [0.15, 0.2) is 60.8 Å². The highest BCUT2D eigenvalue weighted by atomic mass is 16.5. The number of fused-ring (bicyclic) bond motifs is 1. The fourth-order valence-electron chi connectivity index (χ4n) is 3.55. The Hall–Kier alpha value is -2.16. The Morgan fingerprint density at radius 3 is 2.85 bits per heavy atom. The molecule has 5 atom stereocenters. The van der Waals surface area contributed by atoms with Crippen LogP contribution in [-0.2, 0) is 14.3 Å². The fourth-order valence-corrected chi connectivity index (χ4v) is 3.55. The van der Waals surface area contributed by atoms with Gasteiger partial charge in [0, 0.05) is 17.9 Å². The lowest BCUT2D eigenvalue weighted by Gasteiger charge is -2.46. The number of rotatable bonds is 6. The first kappa shape index (κ1) is 20.2. The van der Waals surface area contributed by atoms with Gasteiger partial charge in [-0.2, -0.15) is 0 Å². The summed E-state index contributed by atoms with van der Waals surface area (Å²) in [4.78, 5) is 24.3. The average Bonchev–Trinajstić information content (AvgIpc) is 2.62. The van der Waals surface area contributed by atoms with Crippen molar-refractivity contribution in [2.45, 2.75) is 46.6 Å². The predicted molar refractivity (Wildman–Crippen MR) is 105 cm³/mol. The monoisotopic (exact) mass is 354 g/mol. The molecule has 0 aliphatic heterocycles. The van der Waals surface area contributed by atoms with Crippen molar-refractivity contribution in [3.05, 3.63) is 60.8 Å². The molecule has 3 nitrogen and oxygen atoms in total. The molecule has 3 heteroatoms. The van der Waals surface area contributed by atoms with Crippen LogP contribution in [0.1, 0.15) is 40.5 Å². The Balaban J connectivity index is 2.08. The minimum atomic E-state index is -0.344. The summed E-state index contributed by atoms with van der Waals surface area (Å²) >= 11 is 0. The summed E-state index contributed by atoms with van der Waals surface area (Å²) in [5.41, 5.74) is 0.819. The number of ketones is 1. The van der Waals surface area contributed by atoms with Crippen LogP contribution in [-0.4, -0.2) is 17.9 Å². The SMILES string of the molecule is C=CC1CC2(C)C(=CC1=O)C=CC(OC(=O)C=CC=CC(C)CC)C2C. The lowest BCUT2D eigenvalue weighted by Crippen LogP contribution is -2.43. The Morgan fingerprint density at radius 1 is 1.46 bits per heavy atom. The molecule has 0 N–H and O–H groups in total. The van der Waals surface area contributed by atoms with E-state index in [1.54, 1.807) is 18.2 Å². The second kappa shape index (κ2) is 8.48. The van der Waals surface area contributed by atoms with Crippen LogP contribution in [0.4, 0.5) is 0 Å². The molecule has 2 aliphatic rings. The molecule has 5 unspecified atom stereocenters. The second-order valence-corrected chi connectivity index (χ2v) is 7.64. The molecule has 0 saturated carbocycles. The third-order valence-electron chi connectivity index (χ3n) is 5.89. The molecule has 2 rings (SSSR count). The zero-order chi connectivity index (χ0) is 19.3. The molecule has 0 fully saturated rings. The molecular formula is C23H30O3. The van der Waals surface area contributed by atoms with Crippen molar-refractivity contribution in [1.82, 2.24) is 0 Å². The molecule has 0 bridgehead atoms. The van der Waals surface area contributed by atoms with E-state index in [9.17, 15) is 9.59 Å². The van der Waals surface area contributed by atoms with Gasteiger partial charge < -0.3 is 4.74 Å². The van der Waals surface area contributed by atoms with Crippen LogP contribution in [0.2, 0.25) is 0 Å². The van der Waals surface area contributed by atoms with E-state index in [1.807, 2.05) is 18.2 Å². The summed E-state index contributed by atoms with van der Waals surface area (Å²) in [7, 11) is 0. The van der Waals surface area contributed by atoms with Gasteiger partial charge in [0.25, 0.3) is 0 Å². The minimum absolute atomic E-state index is 0.0855. The van der Waals surface area contributed by atoms with E-state index in [0.29, 0.717) is 12.3 Å². The highest BCUT2D eigenvalue weighted by molar-refractivity contribution is 5.95. The van der Waals surface area contributed by atoms with Crippen LogP contribution in [0.3, 0.4) is 0 Å². The summed E-state index contributed by atoms with van der Waals surface area (Å²) in [6.45, 7) is 12.3. The number of hydrogen-bond donors (Lipinski definition) is 0. The maximum Gasteiger partial charge on any atom is 0.331 e. The maximum atomic E-state index is 12.1. The smallest absolute Gasteiger partial charge is 0.331 e. The summed E-state index contributed by atoms with van der Waals surface area (Å²) < 4.78 is 5.66. The van der Waals surface area contributed by atoms with Gasteiger partial charge in [-0.05, 0) is 35.5 Å². The standard InChI is InChI=1S/C23H30O3/c1-6-16(3)10-8-9-11-22(25)26-21-13-12-19-14-20(24)18(7-2)15-23(19,5)17(21)4/h7-14,16-18,21H,2,6,15H2,1,3-5H3. The summed E-state index contributed by atoms with van der Waals surface area (Å²) in [5.74, 6) is 0.176. The quantitative estimate of drug-likeness (QED) is 0.293. The summed E-state index contributed by atoms with van der Waals surface area (Å²) in [5, 5.41) is 0. The molecule has 26 heavy (non-hydrogen) atoms. The van der Waals surface area contributed by atoms with E-state index in [0.717, 1.165) is 12.0 Å². The molecular weight excluding hydrogens is 324 g/mol. The highest BCUT2D eigenvalue weighted by Gasteiger charge is 2.46. The maximum absolute atomic E-state index is 12.1. The first-order valence-electron chi connectivity index (χ1n) is 9.44. The first-order valence-corrected chi connectivity index (χ1v) is 9.44. The number of ether oxygens (including phenoxy) is 1. The summed E-state index contributed by atoms with van der Waals surface area (Å²) in [6.07, 6.45) is 15.9. The minimum Gasteiger partial charge on any atom is -0.455 e. The van der Waals surface area contributed by atoms with Gasteiger partial charge in [0.2, 0.25) is 0 Å². The fraction of sp³-hybridized carbons (Fsp3) is 0.478. The molecule has 0 aromatic heterocycles. The lowest BCUT2D eigenvalue weighted by molar-refractivity contribution is -0.145. The van der Waals surface area contributed by atoms with Gasteiger partial charge in [0.15, 0.2) is 5.78 Å². The van der Waals surface area contributed by atoms with Crippen LogP contribution >= 0.6 is 0 Å². The molecule has 140 valence electrons. The Kier molecular flexibility index (Phi) is 6.57. The second-order valence-electron chi connectivity index (χ2n) is 7.64. The molecule has 0 radical (unpaired) electrons. The zero-order valence-corrected chi connectivity index (χ0v) is 16.3. The van der Waals surface area contributed by atoms with Crippen LogP contribution in [0, 0.1) is 23.2 Å². The van der Waals surface area contributed by atoms with Crippen molar-refractivity contribution in [3.8, 4) is 0 Å². The number of carbonyl (C=O) groups is 2. The number of allylic oxidation sites excluding steroid dienone is 7. The molecule has 0 amide bonds. The van der Waals surface area contributed by atoms with Crippen molar-refractivity contribution in [2.75, 3.05) is 0 Å². The number of hydrogen-bond acceptors (Lipinski definition) is 3. The van der Waals surface area contributed by atoms with E-state index < -0.39 is 0 Å². The highest BCUT2D eigenvalue weighted by Crippen LogP contribution is 2.49. The van der Waals surface area contributed by atoms with Gasteiger partial charge in [0.1, 0.15) is 6.10 Å². The van der Waals surface area contributed by atoms with Gasteiger partial charge in [-0.3, -0.25) is 4.79 Å². The molecule has 2 aliphatic carbocycles. The zero-order valence-electron chi connectivity index (χ0n) is 16.3. The van der Waals surface area contributed by atoms with Gasteiger partial charge in [-0.25, -0.2) is 4.79 Å².